The van der Waals surface area contributed by atoms with Crippen molar-refractivity contribution < 1.29 is 9.90 Å². The van der Waals surface area contributed by atoms with Gasteiger partial charge in [-0.25, -0.2) is 10.4 Å². The van der Waals surface area contributed by atoms with E-state index in [9.17, 15) is 4.79 Å². The fourth-order valence-electron chi connectivity index (χ4n) is 2.10. The van der Waals surface area contributed by atoms with E-state index >= 15 is 0 Å². The van der Waals surface area contributed by atoms with Gasteiger partial charge in [0.15, 0.2) is 0 Å². The lowest BCUT2D eigenvalue weighted by atomic mass is 10.1. The molecule has 2 saturated heterocycles. The van der Waals surface area contributed by atoms with Crippen LogP contribution in [-0.2, 0) is 4.79 Å². The van der Waals surface area contributed by atoms with Gasteiger partial charge in [-0.2, -0.15) is 5.12 Å². The Labute approximate surface area is 83.6 Å². The lowest BCUT2D eigenvalue weighted by Gasteiger charge is -2.37. The van der Waals surface area contributed by atoms with Crippen LogP contribution >= 0.6 is 0 Å². The van der Waals surface area contributed by atoms with Crippen molar-refractivity contribution in [2.24, 2.45) is 5.92 Å². The van der Waals surface area contributed by atoms with Crippen molar-refractivity contribution in [2.45, 2.75) is 19.3 Å². The minimum atomic E-state index is -0.667. The Kier molecular flexibility index (Phi) is 3.00. The fourth-order valence-corrected chi connectivity index (χ4v) is 2.10. The van der Waals surface area contributed by atoms with Crippen LogP contribution in [0.2, 0.25) is 0 Å². The molecule has 2 aliphatic heterocycles. The fraction of sp³-hybridized carbons (Fsp3) is 0.889. The summed E-state index contributed by atoms with van der Waals surface area (Å²) in [6.45, 7) is 3.42. The van der Waals surface area contributed by atoms with Gasteiger partial charge in [0.1, 0.15) is 0 Å². The van der Waals surface area contributed by atoms with E-state index in [1.54, 1.807) is 0 Å². The normalized spacial score (nSPS) is 30.7. The van der Waals surface area contributed by atoms with E-state index in [-0.39, 0.29) is 5.92 Å². The van der Waals surface area contributed by atoms with E-state index in [2.05, 4.69) is 15.6 Å². The van der Waals surface area contributed by atoms with Gasteiger partial charge in [0.2, 0.25) is 0 Å². The minimum Gasteiger partial charge on any atom is -0.481 e. The van der Waals surface area contributed by atoms with Crippen LogP contribution in [0.25, 0.3) is 0 Å². The van der Waals surface area contributed by atoms with Gasteiger partial charge in [0, 0.05) is 26.2 Å². The van der Waals surface area contributed by atoms with Crippen molar-refractivity contribution in [1.29, 1.82) is 0 Å². The summed E-state index contributed by atoms with van der Waals surface area (Å²) in [5.41, 5.74) is 3.26. The Morgan fingerprint density at radius 3 is 2.93 bits per heavy atom. The zero-order valence-electron chi connectivity index (χ0n) is 8.28. The van der Waals surface area contributed by atoms with E-state index in [4.69, 9.17) is 5.11 Å². The molecule has 5 nitrogen and oxygen atoms in total. The molecule has 2 rings (SSSR count). The van der Waals surface area contributed by atoms with Crippen LogP contribution in [0.5, 0.6) is 0 Å². The molecule has 2 heterocycles. The van der Waals surface area contributed by atoms with Crippen LogP contribution in [0.4, 0.5) is 0 Å². The summed E-state index contributed by atoms with van der Waals surface area (Å²) in [5.74, 6) is -0.884. The molecule has 0 aromatic carbocycles. The molecule has 14 heavy (non-hydrogen) atoms. The third-order valence-corrected chi connectivity index (χ3v) is 2.95. The highest BCUT2D eigenvalue weighted by Crippen LogP contribution is 2.16. The number of nitrogens with zero attached hydrogens (tertiary/aromatic N) is 2. The summed E-state index contributed by atoms with van der Waals surface area (Å²) in [6, 6.07) is 0. The van der Waals surface area contributed by atoms with Crippen LogP contribution in [-0.4, -0.2) is 47.4 Å². The second-order valence-electron chi connectivity index (χ2n) is 3.97. The summed E-state index contributed by atoms with van der Waals surface area (Å²) in [7, 11) is 0. The molecule has 80 valence electrons. The molecule has 2 aliphatic rings. The number of carbonyl (C=O) groups is 1. The molecule has 0 bridgehead atoms. The van der Waals surface area contributed by atoms with Gasteiger partial charge in [-0.05, 0) is 19.3 Å². The topological polar surface area (TPSA) is 55.8 Å². The molecule has 0 aromatic heterocycles. The number of hydrogen-bond acceptors (Lipinski definition) is 4. The molecule has 0 spiro atoms. The van der Waals surface area contributed by atoms with Gasteiger partial charge in [0.05, 0.1) is 5.92 Å². The average molecular weight is 199 g/mol. The van der Waals surface area contributed by atoms with Gasteiger partial charge in [-0.1, -0.05) is 0 Å². The predicted octanol–water partition coefficient (Wildman–Crippen LogP) is -0.0917. The Hall–Kier alpha value is -0.650. The van der Waals surface area contributed by atoms with Gasteiger partial charge in [-0.3, -0.25) is 4.79 Å². The monoisotopic (exact) mass is 199 g/mol. The first kappa shape index (κ1) is 9.89. The van der Waals surface area contributed by atoms with E-state index in [0.29, 0.717) is 6.54 Å². The third-order valence-electron chi connectivity index (χ3n) is 2.95. The molecule has 0 radical (unpaired) electrons. The smallest absolute Gasteiger partial charge is 0.307 e. The number of hydrogen-bond donors (Lipinski definition) is 2. The molecule has 2 N–H and O–H groups in total. The average Bonchev–Trinajstić information content (AvgIpc) is 2.39. The molecule has 2 fully saturated rings. The molecule has 0 amide bonds. The van der Waals surface area contributed by atoms with Crippen molar-refractivity contribution in [2.75, 3.05) is 26.2 Å². The number of carboxylic acid groups (broad SMARTS) is 1. The summed E-state index contributed by atoms with van der Waals surface area (Å²) in [6.07, 6.45) is 3.09. The maximum atomic E-state index is 10.9. The number of rotatable bonds is 1. The number of carboxylic acids is 1. The zero-order valence-corrected chi connectivity index (χ0v) is 8.28. The lowest BCUT2D eigenvalue weighted by molar-refractivity contribution is -0.145. The molecule has 0 saturated carbocycles. The standard InChI is InChI=1S/C9H17N3O2/c13-9(14)8-3-4-10-12-6-2-1-5-11(12)7-8/h8,10H,1-7H2,(H,13,14). The molecular formula is C9H17N3O2. The van der Waals surface area contributed by atoms with Gasteiger partial charge in [0.25, 0.3) is 0 Å². The quantitative estimate of drug-likeness (QED) is 0.618. The number of nitrogens with one attached hydrogen (secondary N) is 1. The van der Waals surface area contributed by atoms with E-state index in [0.717, 1.165) is 26.1 Å². The first-order valence-electron chi connectivity index (χ1n) is 5.26. The van der Waals surface area contributed by atoms with Crippen molar-refractivity contribution in [3.8, 4) is 0 Å². The van der Waals surface area contributed by atoms with Gasteiger partial charge < -0.3 is 5.11 Å². The van der Waals surface area contributed by atoms with Crippen LogP contribution in [0.3, 0.4) is 0 Å². The Balaban J connectivity index is 2.00. The molecular weight excluding hydrogens is 182 g/mol. The summed E-state index contributed by atoms with van der Waals surface area (Å²) in [5, 5.41) is 13.2. The molecule has 1 atom stereocenters. The molecule has 5 heteroatoms. The maximum Gasteiger partial charge on any atom is 0.307 e. The van der Waals surface area contributed by atoms with Gasteiger partial charge in [-0.15, -0.1) is 0 Å². The zero-order chi connectivity index (χ0) is 9.97. The summed E-state index contributed by atoms with van der Waals surface area (Å²) < 4.78 is 0. The number of aliphatic carboxylic acids is 1. The number of hydrazine groups is 2. The molecule has 0 aromatic rings. The van der Waals surface area contributed by atoms with Crippen molar-refractivity contribution in [3.05, 3.63) is 0 Å². The highest BCUT2D eigenvalue weighted by Gasteiger charge is 2.29. The highest BCUT2D eigenvalue weighted by atomic mass is 16.4. The molecule has 0 aliphatic carbocycles. The van der Waals surface area contributed by atoms with Gasteiger partial charge >= 0.3 is 5.97 Å². The van der Waals surface area contributed by atoms with Crippen molar-refractivity contribution in [3.63, 3.8) is 0 Å². The Bertz CT molecular complexity index is 222. The van der Waals surface area contributed by atoms with E-state index in [1.807, 2.05) is 0 Å². The predicted molar refractivity (Wildman–Crippen MR) is 51.3 cm³/mol. The third kappa shape index (κ3) is 2.05. The molecule has 1 unspecified atom stereocenters. The van der Waals surface area contributed by atoms with Crippen LogP contribution in [0, 0.1) is 5.92 Å². The first-order chi connectivity index (χ1) is 6.77. The largest absolute Gasteiger partial charge is 0.481 e. The Morgan fingerprint density at radius 2 is 2.14 bits per heavy atom. The minimum absolute atomic E-state index is 0.217. The lowest BCUT2D eigenvalue weighted by Crippen LogP contribution is -2.53. The summed E-state index contributed by atoms with van der Waals surface area (Å²) in [4.78, 5) is 10.9. The van der Waals surface area contributed by atoms with Crippen LogP contribution in [0.1, 0.15) is 19.3 Å². The number of fused-ring (bicyclic) bond motifs is 1. The van der Waals surface area contributed by atoms with Crippen molar-refractivity contribution >= 4 is 5.97 Å². The van der Waals surface area contributed by atoms with Crippen molar-refractivity contribution in [1.82, 2.24) is 15.6 Å². The van der Waals surface area contributed by atoms with E-state index in [1.165, 1.54) is 12.8 Å². The second-order valence-corrected chi connectivity index (χ2v) is 3.97. The van der Waals surface area contributed by atoms with E-state index < -0.39 is 5.97 Å². The second kappa shape index (κ2) is 4.25. The SMILES string of the molecule is O=C(O)C1CCNN2CCCCN2C1. The van der Waals surface area contributed by atoms with Crippen LogP contribution in [0.15, 0.2) is 0 Å². The Morgan fingerprint density at radius 1 is 1.36 bits per heavy atom. The van der Waals surface area contributed by atoms with Crippen LogP contribution < -0.4 is 5.43 Å². The first-order valence-corrected chi connectivity index (χ1v) is 5.26. The summed E-state index contributed by atoms with van der Waals surface area (Å²) >= 11 is 0. The maximum absolute atomic E-state index is 10.9. The highest BCUT2D eigenvalue weighted by molar-refractivity contribution is 5.70.